The highest BCUT2D eigenvalue weighted by atomic mass is 19.1. The summed E-state index contributed by atoms with van der Waals surface area (Å²) in [6.07, 6.45) is 0. The van der Waals surface area contributed by atoms with Gasteiger partial charge in [0.25, 0.3) is 5.91 Å². The Morgan fingerprint density at radius 3 is 2.36 bits per heavy atom. The van der Waals surface area contributed by atoms with E-state index in [1.807, 2.05) is 60.7 Å². The number of carbonyl (C=O) groups is 1. The van der Waals surface area contributed by atoms with Crippen molar-refractivity contribution >= 4 is 23.0 Å². The molecular formula is C29H25FN2O4. The molecule has 4 aromatic rings. The molecule has 0 radical (unpaired) electrons. The lowest BCUT2D eigenvalue weighted by molar-refractivity contribution is -0.118. The van der Waals surface area contributed by atoms with Crippen molar-refractivity contribution in [1.82, 2.24) is 0 Å². The molecule has 1 unspecified atom stereocenters. The Labute approximate surface area is 208 Å². The average molecular weight is 485 g/mol. The zero-order chi connectivity index (χ0) is 25.1. The molecule has 1 aliphatic heterocycles. The molecule has 0 fully saturated rings. The van der Waals surface area contributed by atoms with E-state index in [9.17, 15) is 9.18 Å². The molecule has 0 aliphatic carbocycles. The molecule has 0 saturated heterocycles. The molecule has 1 heterocycles. The topological polar surface area (TPSA) is 60.0 Å². The fourth-order valence-electron chi connectivity index (χ4n) is 4.29. The summed E-state index contributed by atoms with van der Waals surface area (Å²) in [5.41, 5.74) is 3.76. The molecule has 7 heteroatoms. The van der Waals surface area contributed by atoms with Crippen molar-refractivity contribution in [2.24, 2.45) is 0 Å². The minimum absolute atomic E-state index is 0.0810. The fourth-order valence-corrected chi connectivity index (χ4v) is 4.29. The molecule has 1 N–H and O–H groups in total. The van der Waals surface area contributed by atoms with Gasteiger partial charge in [-0.1, -0.05) is 30.3 Å². The zero-order valence-electron chi connectivity index (χ0n) is 19.9. The van der Waals surface area contributed by atoms with Gasteiger partial charge in [0.15, 0.2) is 11.6 Å². The van der Waals surface area contributed by atoms with Crippen LogP contribution >= 0.6 is 0 Å². The van der Waals surface area contributed by atoms with Crippen LogP contribution in [-0.4, -0.2) is 20.1 Å². The maximum Gasteiger partial charge on any atom is 0.258 e. The van der Waals surface area contributed by atoms with E-state index in [4.69, 9.17) is 14.2 Å². The summed E-state index contributed by atoms with van der Waals surface area (Å²) in [4.78, 5) is 15.6. The van der Waals surface area contributed by atoms with Crippen LogP contribution in [0.15, 0.2) is 91.0 Å². The van der Waals surface area contributed by atoms with Gasteiger partial charge in [0, 0.05) is 11.3 Å². The quantitative estimate of drug-likeness (QED) is 0.336. The molecule has 182 valence electrons. The third-order valence-corrected chi connectivity index (χ3v) is 6.10. The highest BCUT2D eigenvalue weighted by Crippen LogP contribution is 2.41. The summed E-state index contributed by atoms with van der Waals surface area (Å²) in [6, 6.07) is 26.1. The second-order valence-electron chi connectivity index (χ2n) is 8.26. The minimum Gasteiger partial charge on any atom is -0.497 e. The predicted molar refractivity (Wildman–Crippen MR) is 137 cm³/mol. The lowest BCUT2D eigenvalue weighted by Gasteiger charge is -2.35. The smallest absolute Gasteiger partial charge is 0.258 e. The largest absolute Gasteiger partial charge is 0.497 e. The second-order valence-corrected chi connectivity index (χ2v) is 8.26. The lowest BCUT2D eigenvalue weighted by Crippen LogP contribution is -2.39. The summed E-state index contributed by atoms with van der Waals surface area (Å²) >= 11 is 0. The first-order chi connectivity index (χ1) is 17.6. The fraction of sp³-hybridized carbons (Fsp3) is 0.138. The van der Waals surface area contributed by atoms with E-state index < -0.39 is 11.9 Å². The summed E-state index contributed by atoms with van der Waals surface area (Å²) in [5.74, 6) is 0.872. The van der Waals surface area contributed by atoms with Crippen LogP contribution in [0, 0.1) is 5.82 Å². The first-order valence-electron chi connectivity index (χ1n) is 11.5. The molecule has 6 nitrogen and oxygen atoms in total. The van der Waals surface area contributed by atoms with Gasteiger partial charge in [0.1, 0.15) is 24.1 Å². The minimum atomic E-state index is -0.653. The molecular weight excluding hydrogens is 459 g/mol. The van der Waals surface area contributed by atoms with Crippen LogP contribution in [-0.2, 0) is 11.4 Å². The summed E-state index contributed by atoms with van der Waals surface area (Å²) < 4.78 is 30.6. The first-order valence-corrected chi connectivity index (χ1v) is 11.5. The van der Waals surface area contributed by atoms with Gasteiger partial charge < -0.3 is 19.5 Å². The van der Waals surface area contributed by atoms with Crippen molar-refractivity contribution in [1.29, 1.82) is 0 Å². The van der Waals surface area contributed by atoms with Crippen LogP contribution in [0.1, 0.15) is 17.2 Å². The SMILES string of the molecule is COc1ccc(N2C(=O)C(c3ccc(OC)c(COc4ccccc4F)c3)Nc3ccccc32)cc1. The highest BCUT2D eigenvalue weighted by molar-refractivity contribution is 6.10. The molecule has 36 heavy (non-hydrogen) atoms. The first kappa shape index (κ1) is 23.2. The second kappa shape index (κ2) is 10.00. The third-order valence-electron chi connectivity index (χ3n) is 6.10. The molecule has 1 amide bonds. The van der Waals surface area contributed by atoms with Gasteiger partial charge in [0.05, 0.1) is 25.6 Å². The maximum absolute atomic E-state index is 14.1. The zero-order valence-corrected chi connectivity index (χ0v) is 19.9. The molecule has 4 aromatic carbocycles. The summed E-state index contributed by atoms with van der Waals surface area (Å²) in [5, 5.41) is 3.38. The molecule has 0 bridgehead atoms. The molecule has 0 spiro atoms. The number of carbonyl (C=O) groups excluding carboxylic acids is 1. The van der Waals surface area contributed by atoms with Crippen LogP contribution in [0.3, 0.4) is 0 Å². The van der Waals surface area contributed by atoms with Gasteiger partial charge in [-0.05, 0) is 66.2 Å². The van der Waals surface area contributed by atoms with Crippen molar-refractivity contribution < 1.29 is 23.4 Å². The Kier molecular flexibility index (Phi) is 6.45. The number of para-hydroxylation sites is 3. The van der Waals surface area contributed by atoms with Crippen LogP contribution in [0.5, 0.6) is 17.2 Å². The normalized spacial score (nSPS) is 14.6. The van der Waals surface area contributed by atoms with Gasteiger partial charge in [-0.25, -0.2) is 4.39 Å². The standard InChI is InChI=1S/C29H25FN2O4/c1-34-22-14-12-21(13-15-22)32-25-9-5-4-8-24(25)31-28(29(32)33)19-11-16-26(35-2)20(17-19)18-36-27-10-6-3-7-23(27)30/h3-17,28,31H,18H2,1-2H3. The number of hydrogen-bond acceptors (Lipinski definition) is 5. The number of methoxy groups -OCH3 is 2. The number of nitrogens with zero attached hydrogens (tertiary/aromatic N) is 1. The Bertz CT molecular complexity index is 1390. The predicted octanol–water partition coefficient (Wildman–Crippen LogP) is 6.25. The van der Waals surface area contributed by atoms with E-state index in [0.29, 0.717) is 17.1 Å². The van der Waals surface area contributed by atoms with Crippen molar-refractivity contribution in [3.8, 4) is 17.2 Å². The van der Waals surface area contributed by atoms with Crippen LogP contribution in [0.2, 0.25) is 0 Å². The number of benzene rings is 4. The Balaban J connectivity index is 1.49. The number of hydrogen-bond donors (Lipinski definition) is 1. The van der Waals surface area contributed by atoms with E-state index >= 15 is 0 Å². The van der Waals surface area contributed by atoms with Crippen molar-refractivity contribution in [2.75, 3.05) is 24.4 Å². The number of fused-ring (bicyclic) bond motifs is 1. The number of halogens is 1. The number of nitrogens with one attached hydrogen (secondary N) is 1. The number of anilines is 3. The van der Waals surface area contributed by atoms with E-state index in [1.54, 1.807) is 43.4 Å². The third kappa shape index (κ3) is 4.43. The molecule has 1 aliphatic rings. The molecule has 0 aromatic heterocycles. The van der Waals surface area contributed by atoms with Crippen LogP contribution in [0.4, 0.5) is 21.5 Å². The van der Waals surface area contributed by atoms with Crippen LogP contribution in [0.25, 0.3) is 0 Å². The summed E-state index contributed by atoms with van der Waals surface area (Å²) in [6.45, 7) is 0.0810. The van der Waals surface area contributed by atoms with E-state index in [2.05, 4.69) is 5.32 Å². The molecule has 0 saturated carbocycles. The van der Waals surface area contributed by atoms with Gasteiger partial charge in [-0.3, -0.25) is 9.69 Å². The Morgan fingerprint density at radius 2 is 1.61 bits per heavy atom. The van der Waals surface area contributed by atoms with Crippen molar-refractivity contribution in [3.63, 3.8) is 0 Å². The number of ether oxygens (including phenoxy) is 3. The van der Waals surface area contributed by atoms with Crippen LogP contribution < -0.4 is 24.4 Å². The van der Waals surface area contributed by atoms with Crippen molar-refractivity contribution in [2.45, 2.75) is 12.6 Å². The van der Waals surface area contributed by atoms with E-state index in [1.165, 1.54) is 6.07 Å². The van der Waals surface area contributed by atoms with E-state index in [0.717, 1.165) is 22.6 Å². The maximum atomic E-state index is 14.1. The Hall–Kier alpha value is -4.52. The number of rotatable bonds is 7. The molecule has 1 atom stereocenters. The number of amides is 1. The van der Waals surface area contributed by atoms with Gasteiger partial charge in [-0.15, -0.1) is 0 Å². The lowest BCUT2D eigenvalue weighted by atomic mass is 9.98. The van der Waals surface area contributed by atoms with Crippen molar-refractivity contribution in [3.05, 3.63) is 108 Å². The monoisotopic (exact) mass is 484 g/mol. The molecule has 5 rings (SSSR count). The van der Waals surface area contributed by atoms with Gasteiger partial charge >= 0.3 is 0 Å². The highest BCUT2D eigenvalue weighted by Gasteiger charge is 2.34. The van der Waals surface area contributed by atoms with Gasteiger partial charge in [0.2, 0.25) is 0 Å². The van der Waals surface area contributed by atoms with Gasteiger partial charge in [-0.2, -0.15) is 0 Å². The Morgan fingerprint density at radius 1 is 0.861 bits per heavy atom. The van der Waals surface area contributed by atoms with E-state index in [-0.39, 0.29) is 18.3 Å². The summed E-state index contributed by atoms with van der Waals surface area (Å²) in [7, 11) is 3.17. The average Bonchev–Trinajstić information content (AvgIpc) is 2.92.